The third-order valence-electron chi connectivity index (χ3n) is 3.56. The van der Waals surface area contributed by atoms with Gasteiger partial charge in [-0.15, -0.1) is 0 Å². The normalized spacial score (nSPS) is 10.5. The molecule has 9 nitrogen and oxygen atoms in total. The molecular weight excluding hydrogens is 326 g/mol. The molecule has 0 fully saturated rings. The van der Waals surface area contributed by atoms with Gasteiger partial charge in [-0.2, -0.15) is 5.10 Å². The summed E-state index contributed by atoms with van der Waals surface area (Å²) >= 11 is 0. The second-order valence-corrected chi connectivity index (χ2v) is 5.06. The molecule has 2 aromatic heterocycles. The van der Waals surface area contributed by atoms with Crippen molar-refractivity contribution in [3.05, 3.63) is 41.9 Å². The van der Waals surface area contributed by atoms with Gasteiger partial charge in [0.25, 0.3) is 5.91 Å². The van der Waals surface area contributed by atoms with Crippen LogP contribution in [0.1, 0.15) is 16.1 Å². The number of carbonyl (C=O) groups is 2. The Bertz CT molecular complexity index is 920. The molecule has 3 aromatic rings. The fourth-order valence-corrected chi connectivity index (χ4v) is 2.28. The summed E-state index contributed by atoms with van der Waals surface area (Å²) in [6, 6.07) is 6.64. The van der Waals surface area contributed by atoms with Crippen molar-refractivity contribution >= 4 is 28.7 Å². The molecule has 128 valence electrons. The molecule has 0 radical (unpaired) electrons. The summed E-state index contributed by atoms with van der Waals surface area (Å²) < 4.78 is 9.73. The van der Waals surface area contributed by atoms with E-state index in [2.05, 4.69) is 30.2 Å². The van der Waals surface area contributed by atoms with Crippen molar-refractivity contribution in [2.75, 3.05) is 19.5 Å². The van der Waals surface area contributed by atoms with E-state index in [1.807, 2.05) is 0 Å². The molecule has 0 bridgehead atoms. The van der Waals surface area contributed by atoms with Gasteiger partial charge in [-0.25, -0.2) is 9.97 Å². The maximum Gasteiger partial charge on any atom is 0.311 e. The summed E-state index contributed by atoms with van der Waals surface area (Å²) in [5.41, 5.74) is 1.25. The fourth-order valence-electron chi connectivity index (χ4n) is 2.28. The predicted molar refractivity (Wildman–Crippen MR) is 88.4 cm³/mol. The van der Waals surface area contributed by atoms with Gasteiger partial charge < -0.3 is 14.8 Å². The van der Waals surface area contributed by atoms with Gasteiger partial charge in [0, 0.05) is 5.56 Å². The average Bonchev–Trinajstić information content (AvgIpc) is 3.05. The molecule has 3 rings (SSSR count). The summed E-state index contributed by atoms with van der Waals surface area (Å²) in [6.07, 6.45) is 1.25. The van der Waals surface area contributed by atoms with Crippen molar-refractivity contribution in [1.82, 2.24) is 20.2 Å². The highest BCUT2D eigenvalue weighted by molar-refractivity contribution is 6.08. The average molecular weight is 341 g/mol. The lowest BCUT2D eigenvalue weighted by molar-refractivity contribution is -0.139. The zero-order valence-corrected chi connectivity index (χ0v) is 13.6. The van der Waals surface area contributed by atoms with Crippen molar-refractivity contribution in [3.63, 3.8) is 0 Å². The van der Waals surface area contributed by atoms with Crippen LogP contribution >= 0.6 is 0 Å². The summed E-state index contributed by atoms with van der Waals surface area (Å²) in [5, 5.41) is 9.92. The number of benzene rings is 1. The number of H-pyrrole nitrogens is 1. The molecule has 0 aliphatic carbocycles. The first kappa shape index (κ1) is 16.4. The van der Waals surface area contributed by atoms with E-state index < -0.39 is 5.97 Å². The molecule has 1 aromatic carbocycles. The largest absolute Gasteiger partial charge is 0.497 e. The minimum absolute atomic E-state index is 0.0359. The topological polar surface area (TPSA) is 119 Å². The predicted octanol–water partition coefficient (Wildman–Crippen LogP) is 1.33. The van der Waals surface area contributed by atoms with Crippen molar-refractivity contribution < 1.29 is 19.1 Å². The van der Waals surface area contributed by atoms with Gasteiger partial charge in [0.1, 0.15) is 17.9 Å². The molecule has 0 unspecified atom stereocenters. The molecule has 2 heterocycles. The molecule has 0 spiro atoms. The monoisotopic (exact) mass is 341 g/mol. The van der Waals surface area contributed by atoms with Crippen LogP contribution in [0.3, 0.4) is 0 Å². The van der Waals surface area contributed by atoms with E-state index in [1.165, 1.54) is 13.4 Å². The summed E-state index contributed by atoms with van der Waals surface area (Å²) in [4.78, 5) is 32.1. The molecule has 9 heteroatoms. The third-order valence-corrected chi connectivity index (χ3v) is 3.56. The smallest absolute Gasteiger partial charge is 0.311 e. The van der Waals surface area contributed by atoms with E-state index in [0.29, 0.717) is 28.0 Å². The van der Waals surface area contributed by atoms with E-state index in [9.17, 15) is 9.59 Å². The number of hydrogen-bond acceptors (Lipinski definition) is 7. The number of nitrogens with one attached hydrogen (secondary N) is 2. The van der Waals surface area contributed by atoms with Crippen LogP contribution in [0.4, 0.5) is 5.82 Å². The van der Waals surface area contributed by atoms with E-state index in [1.54, 1.807) is 31.4 Å². The maximum atomic E-state index is 12.4. The molecular formula is C16H15N5O4. The number of anilines is 1. The van der Waals surface area contributed by atoms with E-state index in [4.69, 9.17) is 4.74 Å². The van der Waals surface area contributed by atoms with Gasteiger partial charge in [0.2, 0.25) is 0 Å². The van der Waals surface area contributed by atoms with Crippen LogP contribution < -0.4 is 10.1 Å². The highest BCUT2D eigenvalue weighted by Gasteiger charge is 2.17. The van der Waals surface area contributed by atoms with E-state index >= 15 is 0 Å². The van der Waals surface area contributed by atoms with Crippen molar-refractivity contribution in [3.8, 4) is 5.75 Å². The van der Waals surface area contributed by atoms with Crippen molar-refractivity contribution in [2.45, 2.75) is 6.42 Å². The van der Waals surface area contributed by atoms with Gasteiger partial charge in [-0.05, 0) is 24.3 Å². The molecule has 0 saturated carbocycles. The number of methoxy groups -OCH3 is 2. The molecule has 0 aliphatic heterocycles. The highest BCUT2D eigenvalue weighted by Crippen LogP contribution is 2.23. The molecule has 2 N–H and O–H groups in total. The van der Waals surface area contributed by atoms with Crippen LogP contribution in [0.25, 0.3) is 11.0 Å². The Labute approximate surface area is 142 Å². The number of ether oxygens (including phenoxy) is 2. The standard InChI is InChI=1S/C16H15N5O4/c1-24-10-5-3-9(4-6-10)16(23)19-14-13-11(7-12(22)25-2)20-21-15(13)18-8-17-14/h3-6,8H,7H2,1-2H3,(H2,17,18,19,20,21,23). The van der Waals surface area contributed by atoms with E-state index in [-0.39, 0.29) is 18.1 Å². The van der Waals surface area contributed by atoms with Crippen LogP contribution in [0.5, 0.6) is 5.75 Å². The molecule has 0 aliphatic rings. The SMILES string of the molecule is COC(=O)Cc1[nH]nc2ncnc(NC(=O)c3ccc(OC)cc3)c12. The zero-order chi connectivity index (χ0) is 17.8. The second kappa shape index (κ2) is 6.95. The Morgan fingerprint density at radius 3 is 2.60 bits per heavy atom. The van der Waals surface area contributed by atoms with Crippen LogP contribution in [-0.4, -0.2) is 46.3 Å². The third kappa shape index (κ3) is 3.39. The number of carbonyl (C=O) groups excluding carboxylic acids is 2. The maximum absolute atomic E-state index is 12.4. The Kier molecular flexibility index (Phi) is 4.55. The fraction of sp³-hybridized carbons (Fsp3) is 0.188. The minimum Gasteiger partial charge on any atom is -0.497 e. The van der Waals surface area contributed by atoms with Crippen molar-refractivity contribution in [1.29, 1.82) is 0 Å². The molecule has 25 heavy (non-hydrogen) atoms. The summed E-state index contributed by atoms with van der Waals surface area (Å²) in [6.45, 7) is 0. The van der Waals surface area contributed by atoms with Gasteiger partial charge in [-0.1, -0.05) is 0 Å². The molecule has 0 saturated heterocycles. The van der Waals surface area contributed by atoms with Crippen molar-refractivity contribution in [2.24, 2.45) is 0 Å². The zero-order valence-electron chi connectivity index (χ0n) is 13.6. The Balaban J connectivity index is 1.90. The molecule has 0 atom stereocenters. The molecule has 1 amide bonds. The first-order valence-electron chi connectivity index (χ1n) is 7.32. The Morgan fingerprint density at radius 2 is 1.92 bits per heavy atom. The van der Waals surface area contributed by atoms with Gasteiger partial charge in [-0.3, -0.25) is 14.7 Å². The Morgan fingerprint density at radius 1 is 1.16 bits per heavy atom. The van der Waals surface area contributed by atoms with Crippen LogP contribution in [0, 0.1) is 0 Å². The Hall–Kier alpha value is -3.49. The first-order chi connectivity index (χ1) is 12.1. The lowest BCUT2D eigenvalue weighted by atomic mass is 10.2. The van der Waals surface area contributed by atoms with Crippen LogP contribution in [0.15, 0.2) is 30.6 Å². The number of esters is 1. The van der Waals surface area contributed by atoms with Gasteiger partial charge >= 0.3 is 5.97 Å². The first-order valence-corrected chi connectivity index (χ1v) is 7.32. The quantitative estimate of drug-likeness (QED) is 0.672. The number of aromatic nitrogens is 4. The highest BCUT2D eigenvalue weighted by atomic mass is 16.5. The number of nitrogens with zero attached hydrogens (tertiary/aromatic N) is 3. The lowest BCUT2D eigenvalue weighted by Gasteiger charge is -2.07. The van der Waals surface area contributed by atoms with E-state index in [0.717, 1.165) is 0 Å². The van der Waals surface area contributed by atoms with Gasteiger partial charge in [0.15, 0.2) is 5.65 Å². The summed E-state index contributed by atoms with van der Waals surface area (Å²) in [7, 11) is 2.85. The second-order valence-electron chi connectivity index (χ2n) is 5.06. The minimum atomic E-state index is -0.443. The number of amides is 1. The number of hydrogen-bond donors (Lipinski definition) is 2. The lowest BCUT2D eigenvalue weighted by Crippen LogP contribution is -2.14. The number of fused-ring (bicyclic) bond motifs is 1. The number of aromatic amines is 1. The van der Waals surface area contributed by atoms with Gasteiger partial charge in [0.05, 0.1) is 31.7 Å². The van der Waals surface area contributed by atoms with Crippen LogP contribution in [-0.2, 0) is 16.0 Å². The number of rotatable bonds is 5. The van der Waals surface area contributed by atoms with Crippen LogP contribution in [0.2, 0.25) is 0 Å². The summed E-state index contributed by atoms with van der Waals surface area (Å²) in [5.74, 6) is 0.115.